The first kappa shape index (κ1) is 17.6. The van der Waals surface area contributed by atoms with Crippen LogP contribution in [0.2, 0.25) is 0 Å². The molecule has 6 nitrogen and oxygen atoms in total. The van der Waals surface area contributed by atoms with Crippen LogP contribution >= 0.6 is 0 Å². The molecular formula is C19H27N5O. The highest BCUT2D eigenvalue weighted by Gasteiger charge is 2.18. The molecule has 1 saturated heterocycles. The van der Waals surface area contributed by atoms with Crippen LogP contribution in [-0.4, -0.2) is 58.4 Å². The number of aromatic nitrogens is 2. The number of aromatic amines is 1. The lowest BCUT2D eigenvalue weighted by molar-refractivity contribution is -0.117. The number of carbonyl (C=O) groups is 1. The first-order valence-electron chi connectivity index (χ1n) is 8.90. The van der Waals surface area contributed by atoms with Gasteiger partial charge in [-0.15, -0.1) is 0 Å². The zero-order chi connectivity index (χ0) is 17.6. The third kappa shape index (κ3) is 5.14. The number of hydrogen-bond donors (Lipinski definition) is 2. The molecule has 6 heteroatoms. The Balaban J connectivity index is 1.48. The smallest absolute Gasteiger partial charge is 0.238 e. The summed E-state index contributed by atoms with van der Waals surface area (Å²) in [5.41, 5.74) is 3.22. The lowest BCUT2D eigenvalue weighted by Crippen LogP contribution is -2.36. The van der Waals surface area contributed by atoms with Crippen LogP contribution in [0.1, 0.15) is 23.4 Å². The third-order valence-electron chi connectivity index (χ3n) is 4.63. The summed E-state index contributed by atoms with van der Waals surface area (Å²) in [5, 5.41) is 3.04. The van der Waals surface area contributed by atoms with Crippen molar-refractivity contribution in [3.63, 3.8) is 0 Å². The van der Waals surface area contributed by atoms with E-state index in [1.807, 2.05) is 25.3 Å². The molecule has 1 aliphatic rings. The fourth-order valence-electron chi connectivity index (χ4n) is 3.28. The highest BCUT2D eigenvalue weighted by Crippen LogP contribution is 2.16. The summed E-state index contributed by atoms with van der Waals surface area (Å²) in [6.07, 6.45) is 4.71. The van der Waals surface area contributed by atoms with Crippen molar-refractivity contribution in [2.75, 3.05) is 38.0 Å². The number of H-pyrrole nitrogens is 1. The molecule has 0 atom stereocenters. The average molecular weight is 341 g/mol. The normalized spacial score (nSPS) is 16.6. The van der Waals surface area contributed by atoms with Gasteiger partial charge in [-0.3, -0.25) is 14.6 Å². The van der Waals surface area contributed by atoms with Gasteiger partial charge in [-0.1, -0.05) is 17.7 Å². The monoisotopic (exact) mass is 341 g/mol. The molecule has 2 aromatic rings. The molecule has 0 spiro atoms. The Labute approximate surface area is 149 Å². The number of nitrogens with zero attached hydrogens (tertiary/aromatic N) is 3. The number of nitrogens with one attached hydrogen (secondary N) is 2. The number of amides is 1. The number of carbonyl (C=O) groups excluding carboxylic acids is 1. The lowest BCUT2D eigenvalue weighted by atomic mass is 10.1. The molecule has 0 aliphatic carbocycles. The highest BCUT2D eigenvalue weighted by atomic mass is 16.2. The van der Waals surface area contributed by atoms with Gasteiger partial charge in [0, 0.05) is 31.2 Å². The van der Waals surface area contributed by atoms with Crippen molar-refractivity contribution < 1.29 is 4.79 Å². The second kappa shape index (κ2) is 8.27. The van der Waals surface area contributed by atoms with Crippen molar-refractivity contribution in [2.45, 2.75) is 26.8 Å². The summed E-state index contributed by atoms with van der Waals surface area (Å²) in [5.74, 6) is 1.06. The standard InChI is InChI=1S/C19H27N5O/c1-15-4-5-17(16(2)12-15)22-19(25)14-24-9-3-8-23(10-11-24)13-18-20-6-7-21-18/h4-7,12H,3,8-11,13-14H2,1-2H3,(H,20,21)(H,22,25). The van der Waals surface area contributed by atoms with E-state index in [4.69, 9.17) is 0 Å². The van der Waals surface area contributed by atoms with Crippen molar-refractivity contribution in [3.05, 3.63) is 47.5 Å². The topological polar surface area (TPSA) is 64.3 Å². The fraction of sp³-hybridized carbons (Fsp3) is 0.474. The Morgan fingerprint density at radius 2 is 2.00 bits per heavy atom. The van der Waals surface area contributed by atoms with Gasteiger partial charge in [0.25, 0.3) is 0 Å². The Morgan fingerprint density at radius 3 is 2.76 bits per heavy atom. The number of aryl methyl sites for hydroxylation is 2. The molecule has 2 N–H and O–H groups in total. The third-order valence-corrected chi connectivity index (χ3v) is 4.63. The van der Waals surface area contributed by atoms with E-state index in [1.165, 1.54) is 5.56 Å². The van der Waals surface area contributed by atoms with E-state index >= 15 is 0 Å². The first-order valence-corrected chi connectivity index (χ1v) is 8.90. The number of rotatable bonds is 5. The maximum atomic E-state index is 12.4. The van der Waals surface area contributed by atoms with Crippen molar-refractivity contribution in [3.8, 4) is 0 Å². The fourth-order valence-corrected chi connectivity index (χ4v) is 3.28. The van der Waals surface area contributed by atoms with E-state index in [0.717, 1.165) is 56.2 Å². The van der Waals surface area contributed by atoms with Crippen molar-refractivity contribution in [1.29, 1.82) is 0 Å². The van der Waals surface area contributed by atoms with E-state index in [2.05, 4.69) is 38.1 Å². The molecule has 134 valence electrons. The molecule has 1 aliphatic heterocycles. The SMILES string of the molecule is Cc1ccc(NC(=O)CN2CCCN(Cc3ncc[nH]3)CC2)c(C)c1. The molecule has 0 unspecified atom stereocenters. The Bertz CT molecular complexity index is 698. The van der Waals surface area contributed by atoms with Gasteiger partial charge in [-0.2, -0.15) is 0 Å². The van der Waals surface area contributed by atoms with Crippen molar-refractivity contribution in [1.82, 2.24) is 19.8 Å². The van der Waals surface area contributed by atoms with Crippen molar-refractivity contribution in [2.24, 2.45) is 0 Å². The minimum atomic E-state index is 0.0615. The van der Waals surface area contributed by atoms with Gasteiger partial charge in [-0.05, 0) is 45.0 Å². The van der Waals surface area contributed by atoms with E-state index in [-0.39, 0.29) is 5.91 Å². The van der Waals surface area contributed by atoms with Crippen LogP contribution in [0.4, 0.5) is 5.69 Å². The molecule has 3 rings (SSSR count). The van der Waals surface area contributed by atoms with E-state index < -0.39 is 0 Å². The zero-order valence-electron chi connectivity index (χ0n) is 15.1. The van der Waals surface area contributed by atoms with Gasteiger partial charge >= 0.3 is 0 Å². The minimum absolute atomic E-state index is 0.0615. The molecule has 1 amide bonds. The van der Waals surface area contributed by atoms with E-state index in [9.17, 15) is 4.79 Å². The molecular weight excluding hydrogens is 314 g/mol. The maximum Gasteiger partial charge on any atom is 0.238 e. The second-order valence-electron chi connectivity index (χ2n) is 6.81. The molecule has 25 heavy (non-hydrogen) atoms. The summed E-state index contributed by atoms with van der Waals surface area (Å²) in [6, 6.07) is 6.10. The van der Waals surface area contributed by atoms with E-state index in [1.54, 1.807) is 6.20 Å². The lowest BCUT2D eigenvalue weighted by Gasteiger charge is -2.21. The number of hydrogen-bond acceptors (Lipinski definition) is 4. The summed E-state index contributed by atoms with van der Waals surface area (Å²) in [6.45, 7) is 9.23. The van der Waals surface area contributed by atoms with Crippen LogP contribution in [0.25, 0.3) is 0 Å². The molecule has 1 aromatic carbocycles. The molecule has 0 radical (unpaired) electrons. The maximum absolute atomic E-state index is 12.4. The van der Waals surface area contributed by atoms with Crippen LogP contribution in [0, 0.1) is 13.8 Å². The number of imidazole rings is 1. The van der Waals surface area contributed by atoms with Crippen LogP contribution < -0.4 is 5.32 Å². The molecule has 2 heterocycles. The van der Waals surface area contributed by atoms with Gasteiger partial charge in [0.1, 0.15) is 5.82 Å². The Morgan fingerprint density at radius 1 is 1.20 bits per heavy atom. The van der Waals surface area contributed by atoms with Gasteiger partial charge < -0.3 is 10.3 Å². The molecule has 0 saturated carbocycles. The predicted molar refractivity (Wildman–Crippen MR) is 99.5 cm³/mol. The van der Waals surface area contributed by atoms with Crippen LogP contribution in [0.15, 0.2) is 30.6 Å². The quantitative estimate of drug-likeness (QED) is 0.875. The second-order valence-corrected chi connectivity index (χ2v) is 6.81. The molecule has 1 aromatic heterocycles. The zero-order valence-corrected chi connectivity index (χ0v) is 15.1. The summed E-state index contributed by atoms with van der Waals surface area (Å²) in [4.78, 5) is 24.5. The predicted octanol–water partition coefficient (Wildman–Crippen LogP) is 2.17. The summed E-state index contributed by atoms with van der Waals surface area (Å²) < 4.78 is 0. The minimum Gasteiger partial charge on any atom is -0.348 e. The highest BCUT2D eigenvalue weighted by molar-refractivity contribution is 5.93. The Hall–Kier alpha value is -2.18. The first-order chi connectivity index (χ1) is 12.1. The van der Waals surface area contributed by atoms with Crippen LogP contribution in [0.5, 0.6) is 0 Å². The van der Waals surface area contributed by atoms with E-state index in [0.29, 0.717) is 6.54 Å². The average Bonchev–Trinajstić information content (AvgIpc) is 2.98. The number of anilines is 1. The molecule has 1 fully saturated rings. The summed E-state index contributed by atoms with van der Waals surface area (Å²) >= 11 is 0. The van der Waals surface area contributed by atoms with Crippen molar-refractivity contribution >= 4 is 11.6 Å². The van der Waals surface area contributed by atoms with Crippen LogP contribution in [0.3, 0.4) is 0 Å². The Kier molecular flexibility index (Phi) is 5.83. The molecule has 0 bridgehead atoms. The van der Waals surface area contributed by atoms with Gasteiger partial charge in [0.2, 0.25) is 5.91 Å². The number of benzene rings is 1. The van der Waals surface area contributed by atoms with Gasteiger partial charge in [-0.25, -0.2) is 4.98 Å². The summed E-state index contributed by atoms with van der Waals surface area (Å²) in [7, 11) is 0. The largest absolute Gasteiger partial charge is 0.348 e. The van der Waals surface area contributed by atoms with Crippen LogP contribution in [-0.2, 0) is 11.3 Å². The van der Waals surface area contributed by atoms with Gasteiger partial charge in [0.15, 0.2) is 0 Å². The van der Waals surface area contributed by atoms with Gasteiger partial charge in [0.05, 0.1) is 13.1 Å².